The number of piperazine rings is 1. The molecule has 0 spiro atoms. The van der Waals surface area contributed by atoms with Crippen LogP contribution >= 0.6 is 0 Å². The van der Waals surface area contributed by atoms with Crippen molar-refractivity contribution in [2.24, 2.45) is 11.8 Å². The molecule has 4 nitrogen and oxygen atoms in total. The van der Waals surface area contributed by atoms with Crippen LogP contribution < -0.4 is 0 Å². The van der Waals surface area contributed by atoms with E-state index in [1.807, 2.05) is 0 Å². The number of fused-ring (bicyclic) bond motifs is 2. The second-order valence-electron chi connectivity index (χ2n) is 7.57. The molecule has 2 aliphatic carbocycles. The average Bonchev–Trinajstić information content (AvgIpc) is 3.31. The van der Waals surface area contributed by atoms with Crippen LogP contribution in [0.15, 0.2) is 24.3 Å². The topological polar surface area (TPSA) is 40.6 Å². The van der Waals surface area contributed by atoms with E-state index in [2.05, 4.69) is 34.1 Å². The molecular weight excluding hydrogens is 288 g/mol. The Bertz CT molecular complexity index is 506. The summed E-state index contributed by atoms with van der Waals surface area (Å²) in [4.78, 5) is 29.2. The molecule has 4 heteroatoms. The van der Waals surface area contributed by atoms with Crippen molar-refractivity contribution >= 4 is 11.8 Å². The molecular formula is C19H26N2O2. The van der Waals surface area contributed by atoms with Gasteiger partial charge in [-0.25, -0.2) is 0 Å². The molecule has 4 aliphatic rings. The SMILES string of the molecule is O=C(CC1C=CCC1)N1C[C@@H]2C[C@H]1CN2C(=O)CC1C=CCC1. The third-order valence-electron chi connectivity index (χ3n) is 5.98. The molecule has 0 N–H and O–H groups in total. The smallest absolute Gasteiger partial charge is 0.223 e. The first-order valence-corrected chi connectivity index (χ1v) is 9.13. The summed E-state index contributed by atoms with van der Waals surface area (Å²) in [6, 6.07) is 0.530. The first-order valence-electron chi connectivity index (χ1n) is 9.13. The minimum atomic E-state index is 0.265. The van der Waals surface area contributed by atoms with Gasteiger partial charge in [0.25, 0.3) is 0 Å². The Morgan fingerprint density at radius 1 is 0.826 bits per heavy atom. The van der Waals surface area contributed by atoms with E-state index in [4.69, 9.17) is 0 Å². The highest BCUT2D eigenvalue weighted by Gasteiger charge is 2.47. The number of hydrogen-bond acceptors (Lipinski definition) is 2. The van der Waals surface area contributed by atoms with Crippen LogP contribution in [0.5, 0.6) is 0 Å². The Morgan fingerprint density at radius 2 is 1.30 bits per heavy atom. The van der Waals surface area contributed by atoms with Gasteiger partial charge in [0.05, 0.1) is 12.1 Å². The molecule has 2 amide bonds. The molecule has 0 aromatic rings. The lowest BCUT2D eigenvalue weighted by molar-refractivity contribution is -0.140. The van der Waals surface area contributed by atoms with Gasteiger partial charge in [0.15, 0.2) is 0 Å². The van der Waals surface area contributed by atoms with Crippen molar-refractivity contribution in [1.82, 2.24) is 9.80 Å². The van der Waals surface area contributed by atoms with E-state index in [1.54, 1.807) is 0 Å². The summed E-state index contributed by atoms with van der Waals surface area (Å²) < 4.78 is 0. The fraction of sp³-hybridized carbons (Fsp3) is 0.684. The molecule has 2 bridgehead atoms. The number of hydrogen-bond donors (Lipinski definition) is 0. The summed E-state index contributed by atoms with van der Waals surface area (Å²) in [6.45, 7) is 1.51. The monoisotopic (exact) mass is 314 g/mol. The Labute approximate surface area is 138 Å². The van der Waals surface area contributed by atoms with Gasteiger partial charge in [-0.2, -0.15) is 0 Å². The molecule has 2 unspecified atom stereocenters. The van der Waals surface area contributed by atoms with Crippen LogP contribution in [0.1, 0.15) is 44.9 Å². The van der Waals surface area contributed by atoms with Gasteiger partial charge in [0, 0.05) is 25.9 Å². The number of nitrogens with zero attached hydrogens (tertiary/aromatic N) is 2. The summed E-state index contributed by atoms with van der Waals surface area (Å²) in [6.07, 6.45) is 15.5. The molecule has 2 saturated heterocycles. The van der Waals surface area contributed by atoms with Crippen LogP contribution in [-0.4, -0.2) is 46.8 Å². The van der Waals surface area contributed by atoms with Crippen molar-refractivity contribution in [3.63, 3.8) is 0 Å². The average molecular weight is 314 g/mol. The van der Waals surface area contributed by atoms with Crippen LogP contribution in [0.4, 0.5) is 0 Å². The van der Waals surface area contributed by atoms with Crippen LogP contribution in [0, 0.1) is 11.8 Å². The van der Waals surface area contributed by atoms with Crippen molar-refractivity contribution in [3.8, 4) is 0 Å². The number of rotatable bonds is 4. The molecule has 0 saturated carbocycles. The lowest BCUT2D eigenvalue weighted by Gasteiger charge is -2.35. The van der Waals surface area contributed by atoms with Gasteiger partial charge in [-0.15, -0.1) is 0 Å². The van der Waals surface area contributed by atoms with Crippen LogP contribution in [0.25, 0.3) is 0 Å². The zero-order chi connectivity index (χ0) is 15.8. The zero-order valence-corrected chi connectivity index (χ0v) is 13.7. The Hall–Kier alpha value is -1.58. The molecule has 2 heterocycles. The molecule has 0 aromatic carbocycles. The van der Waals surface area contributed by atoms with Crippen LogP contribution in [0.2, 0.25) is 0 Å². The second kappa shape index (κ2) is 6.14. The maximum Gasteiger partial charge on any atom is 0.223 e. The highest BCUT2D eigenvalue weighted by Crippen LogP contribution is 2.34. The van der Waals surface area contributed by atoms with Gasteiger partial charge in [0.2, 0.25) is 11.8 Å². The van der Waals surface area contributed by atoms with Crippen molar-refractivity contribution in [1.29, 1.82) is 0 Å². The van der Waals surface area contributed by atoms with Gasteiger partial charge >= 0.3 is 0 Å². The fourth-order valence-corrected chi connectivity index (χ4v) is 4.69. The summed E-state index contributed by atoms with van der Waals surface area (Å²) in [5.74, 6) is 1.46. The number of carbonyl (C=O) groups excluding carboxylic acids is 2. The van der Waals surface area contributed by atoms with Gasteiger partial charge in [-0.05, 0) is 43.9 Å². The summed E-state index contributed by atoms with van der Waals surface area (Å²) >= 11 is 0. The molecule has 4 rings (SSSR count). The predicted molar refractivity (Wildman–Crippen MR) is 88.6 cm³/mol. The van der Waals surface area contributed by atoms with Crippen LogP contribution in [0.3, 0.4) is 0 Å². The fourth-order valence-electron chi connectivity index (χ4n) is 4.69. The molecule has 23 heavy (non-hydrogen) atoms. The first-order chi connectivity index (χ1) is 11.2. The zero-order valence-electron chi connectivity index (χ0n) is 13.7. The molecule has 0 aromatic heterocycles. The number of likely N-dealkylation sites (tertiary alicyclic amines) is 2. The lowest BCUT2D eigenvalue weighted by Crippen LogP contribution is -2.51. The third-order valence-corrected chi connectivity index (χ3v) is 5.98. The molecule has 4 atom stereocenters. The summed E-state index contributed by atoms with van der Waals surface area (Å²) in [7, 11) is 0. The van der Waals surface area contributed by atoms with E-state index in [9.17, 15) is 9.59 Å². The maximum absolute atomic E-state index is 12.5. The highest BCUT2D eigenvalue weighted by atomic mass is 16.2. The van der Waals surface area contributed by atoms with Crippen molar-refractivity contribution in [2.75, 3.05) is 13.1 Å². The number of amides is 2. The molecule has 2 fully saturated rings. The highest BCUT2D eigenvalue weighted by molar-refractivity contribution is 5.80. The van der Waals surface area contributed by atoms with Crippen molar-refractivity contribution < 1.29 is 9.59 Å². The quantitative estimate of drug-likeness (QED) is 0.748. The summed E-state index contributed by atoms with van der Waals surface area (Å²) in [5, 5.41) is 0. The van der Waals surface area contributed by atoms with Gasteiger partial charge in [-0.1, -0.05) is 24.3 Å². The molecule has 124 valence electrons. The van der Waals surface area contributed by atoms with E-state index >= 15 is 0 Å². The standard InChI is InChI=1S/C19H26N2O2/c22-18(9-14-5-1-2-6-14)20-12-17-11-16(20)13-21(17)19(23)10-15-7-3-4-8-15/h1,3,5,7,14-17H,2,4,6,8-13H2/t14?,15?,16-,17-/m0/s1. The van der Waals surface area contributed by atoms with Gasteiger partial charge < -0.3 is 9.80 Å². The van der Waals surface area contributed by atoms with Crippen molar-refractivity contribution in [2.45, 2.75) is 57.0 Å². The number of carbonyl (C=O) groups is 2. The third kappa shape index (κ3) is 2.96. The minimum Gasteiger partial charge on any atom is -0.336 e. The first kappa shape index (κ1) is 15.0. The minimum absolute atomic E-state index is 0.265. The number of allylic oxidation sites excluding steroid dienone is 4. The predicted octanol–water partition coefficient (Wildman–Crippen LogP) is 2.51. The Balaban J connectivity index is 1.30. The second-order valence-corrected chi connectivity index (χ2v) is 7.57. The van der Waals surface area contributed by atoms with E-state index in [0.29, 0.717) is 36.5 Å². The van der Waals surface area contributed by atoms with Crippen LogP contribution in [-0.2, 0) is 9.59 Å². The van der Waals surface area contributed by atoms with Crippen molar-refractivity contribution in [3.05, 3.63) is 24.3 Å². The molecule has 0 radical (unpaired) electrons. The lowest BCUT2D eigenvalue weighted by atomic mass is 10.0. The maximum atomic E-state index is 12.5. The normalized spacial score (nSPS) is 34.8. The van der Waals surface area contributed by atoms with E-state index in [-0.39, 0.29) is 12.1 Å². The van der Waals surface area contributed by atoms with E-state index < -0.39 is 0 Å². The van der Waals surface area contributed by atoms with E-state index in [0.717, 1.165) is 45.2 Å². The molecule has 2 aliphatic heterocycles. The summed E-state index contributed by atoms with van der Waals surface area (Å²) in [5.41, 5.74) is 0. The van der Waals surface area contributed by atoms with E-state index in [1.165, 1.54) is 0 Å². The Morgan fingerprint density at radius 3 is 1.65 bits per heavy atom. The Kier molecular flexibility index (Phi) is 4.00. The largest absolute Gasteiger partial charge is 0.336 e. The van der Waals surface area contributed by atoms with Gasteiger partial charge in [-0.3, -0.25) is 9.59 Å². The van der Waals surface area contributed by atoms with Gasteiger partial charge in [0.1, 0.15) is 0 Å².